The molecule has 0 saturated carbocycles. The zero-order valence-electron chi connectivity index (χ0n) is 15.2. The van der Waals surface area contributed by atoms with Crippen LogP contribution in [0.2, 0.25) is 0 Å². The third-order valence-electron chi connectivity index (χ3n) is 4.01. The first kappa shape index (κ1) is 19.0. The van der Waals surface area contributed by atoms with Gasteiger partial charge in [0.15, 0.2) is 0 Å². The molecule has 8 nitrogen and oxygen atoms in total. The van der Waals surface area contributed by atoms with Gasteiger partial charge in [0.05, 0.1) is 4.92 Å². The summed E-state index contributed by atoms with van der Waals surface area (Å²) in [5, 5.41) is 14.9. The molecule has 2 aromatic carbocycles. The maximum atomic E-state index is 12.8. The molecule has 0 atom stereocenters. The van der Waals surface area contributed by atoms with Crippen molar-refractivity contribution in [3.63, 3.8) is 0 Å². The first-order chi connectivity index (χ1) is 13.5. The van der Waals surface area contributed by atoms with Crippen LogP contribution in [0.5, 0.6) is 0 Å². The zero-order chi connectivity index (χ0) is 20.1. The molecule has 0 spiro atoms. The predicted octanol–water partition coefficient (Wildman–Crippen LogP) is 3.78. The maximum Gasteiger partial charge on any atom is 0.270 e. The van der Waals surface area contributed by atoms with Gasteiger partial charge in [0.25, 0.3) is 11.6 Å². The quantitative estimate of drug-likeness (QED) is 0.352. The second-order valence-corrected chi connectivity index (χ2v) is 6.16. The number of aryl methyl sites for hydroxylation is 1. The van der Waals surface area contributed by atoms with Gasteiger partial charge in [-0.15, -0.1) is 6.58 Å². The Bertz CT molecular complexity index is 1030. The molecule has 0 saturated heterocycles. The predicted molar refractivity (Wildman–Crippen MR) is 103 cm³/mol. The molecular formula is C20H18N4O4. The van der Waals surface area contributed by atoms with Crippen molar-refractivity contribution in [3.8, 4) is 11.4 Å². The van der Waals surface area contributed by atoms with E-state index in [4.69, 9.17) is 4.52 Å². The number of amides is 1. The lowest BCUT2D eigenvalue weighted by Gasteiger charge is -2.19. The van der Waals surface area contributed by atoms with Crippen LogP contribution in [0.25, 0.3) is 11.4 Å². The molecule has 142 valence electrons. The highest BCUT2D eigenvalue weighted by molar-refractivity contribution is 5.94. The molecule has 0 bridgehead atoms. The van der Waals surface area contributed by atoms with Gasteiger partial charge in [0, 0.05) is 29.8 Å². The number of benzene rings is 2. The van der Waals surface area contributed by atoms with E-state index in [2.05, 4.69) is 16.7 Å². The first-order valence-corrected chi connectivity index (χ1v) is 8.52. The van der Waals surface area contributed by atoms with Crippen LogP contribution >= 0.6 is 0 Å². The summed E-state index contributed by atoms with van der Waals surface area (Å²) < 4.78 is 5.29. The number of non-ortho nitro benzene ring substituents is 1. The van der Waals surface area contributed by atoms with Crippen LogP contribution in [0.3, 0.4) is 0 Å². The van der Waals surface area contributed by atoms with E-state index in [0.29, 0.717) is 5.82 Å². The first-order valence-electron chi connectivity index (χ1n) is 8.52. The lowest BCUT2D eigenvalue weighted by Crippen LogP contribution is -2.30. The van der Waals surface area contributed by atoms with Crippen LogP contribution in [-0.2, 0) is 6.54 Å². The smallest absolute Gasteiger partial charge is 0.270 e. The normalized spacial score (nSPS) is 10.5. The Morgan fingerprint density at radius 3 is 2.79 bits per heavy atom. The Hall–Kier alpha value is -3.81. The average molecular weight is 378 g/mol. The van der Waals surface area contributed by atoms with E-state index in [1.165, 1.54) is 29.2 Å². The highest BCUT2D eigenvalue weighted by Crippen LogP contribution is 2.19. The summed E-state index contributed by atoms with van der Waals surface area (Å²) in [5.41, 5.74) is 1.94. The van der Waals surface area contributed by atoms with Gasteiger partial charge in [0.1, 0.15) is 6.54 Å². The number of nitro benzene ring substituents is 1. The Morgan fingerprint density at radius 2 is 2.07 bits per heavy atom. The molecule has 1 heterocycles. The molecule has 1 amide bonds. The highest BCUT2D eigenvalue weighted by Gasteiger charge is 2.20. The fourth-order valence-corrected chi connectivity index (χ4v) is 2.69. The van der Waals surface area contributed by atoms with Crippen LogP contribution in [0.4, 0.5) is 5.69 Å². The molecule has 3 aromatic rings. The SMILES string of the molecule is C=CCN(Cc1nc(-c2cccc(C)c2)no1)C(=O)c1cccc([N+](=O)[O-])c1. The minimum absolute atomic E-state index is 0.0619. The van der Waals surface area contributed by atoms with Crippen LogP contribution in [0, 0.1) is 17.0 Å². The van der Waals surface area contributed by atoms with Crippen molar-refractivity contribution in [2.45, 2.75) is 13.5 Å². The van der Waals surface area contributed by atoms with Crippen molar-refractivity contribution >= 4 is 11.6 Å². The summed E-state index contributed by atoms with van der Waals surface area (Å²) in [6, 6.07) is 13.2. The zero-order valence-corrected chi connectivity index (χ0v) is 15.2. The fraction of sp³-hybridized carbons (Fsp3) is 0.150. The molecule has 1 aromatic heterocycles. The van der Waals surface area contributed by atoms with Crippen LogP contribution in [0.15, 0.2) is 65.7 Å². The van der Waals surface area contributed by atoms with Crippen molar-refractivity contribution in [2.75, 3.05) is 6.54 Å². The second kappa shape index (κ2) is 8.26. The summed E-state index contributed by atoms with van der Waals surface area (Å²) in [7, 11) is 0. The monoisotopic (exact) mass is 378 g/mol. The third-order valence-corrected chi connectivity index (χ3v) is 4.01. The van der Waals surface area contributed by atoms with E-state index in [1.807, 2.05) is 31.2 Å². The van der Waals surface area contributed by atoms with Crippen LogP contribution in [-0.4, -0.2) is 32.4 Å². The van der Waals surface area contributed by atoms with Crippen molar-refractivity contribution in [3.05, 3.63) is 88.3 Å². The van der Waals surface area contributed by atoms with Crippen molar-refractivity contribution in [1.82, 2.24) is 15.0 Å². The Morgan fingerprint density at radius 1 is 1.29 bits per heavy atom. The van der Waals surface area contributed by atoms with Crippen molar-refractivity contribution < 1.29 is 14.2 Å². The molecule has 0 aliphatic rings. The number of nitrogens with zero attached hydrogens (tertiary/aromatic N) is 4. The Labute approximate surface area is 161 Å². The Balaban J connectivity index is 1.82. The molecule has 28 heavy (non-hydrogen) atoms. The molecular weight excluding hydrogens is 360 g/mol. The summed E-state index contributed by atoms with van der Waals surface area (Å²) in [5.74, 6) is 0.302. The van der Waals surface area contributed by atoms with E-state index in [0.717, 1.165) is 11.1 Å². The van der Waals surface area contributed by atoms with Crippen molar-refractivity contribution in [2.24, 2.45) is 0 Å². The third kappa shape index (κ3) is 4.29. The number of hydrogen-bond donors (Lipinski definition) is 0. The number of rotatable bonds is 7. The van der Waals surface area contributed by atoms with E-state index < -0.39 is 4.92 Å². The van der Waals surface area contributed by atoms with Gasteiger partial charge in [0.2, 0.25) is 11.7 Å². The van der Waals surface area contributed by atoms with E-state index in [-0.39, 0.29) is 36.1 Å². The van der Waals surface area contributed by atoms with Crippen LogP contribution in [0.1, 0.15) is 21.8 Å². The molecule has 0 radical (unpaired) electrons. The topological polar surface area (TPSA) is 102 Å². The van der Waals surface area contributed by atoms with E-state index in [9.17, 15) is 14.9 Å². The summed E-state index contributed by atoms with van der Waals surface area (Å²) >= 11 is 0. The molecule has 0 fully saturated rings. The molecule has 8 heteroatoms. The number of aromatic nitrogens is 2. The van der Waals surface area contributed by atoms with Gasteiger partial charge in [-0.3, -0.25) is 14.9 Å². The van der Waals surface area contributed by atoms with E-state index >= 15 is 0 Å². The van der Waals surface area contributed by atoms with Gasteiger partial charge in [-0.05, 0) is 19.1 Å². The minimum Gasteiger partial charge on any atom is -0.337 e. The lowest BCUT2D eigenvalue weighted by atomic mass is 10.1. The van der Waals surface area contributed by atoms with Crippen molar-refractivity contribution in [1.29, 1.82) is 0 Å². The minimum atomic E-state index is -0.541. The van der Waals surface area contributed by atoms with Gasteiger partial charge in [-0.2, -0.15) is 4.98 Å². The largest absolute Gasteiger partial charge is 0.337 e. The van der Waals surface area contributed by atoms with E-state index in [1.54, 1.807) is 6.08 Å². The summed E-state index contributed by atoms with van der Waals surface area (Å²) in [4.78, 5) is 29.0. The molecule has 0 aliphatic heterocycles. The number of carbonyl (C=O) groups is 1. The van der Waals surface area contributed by atoms with Crippen LogP contribution < -0.4 is 0 Å². The number of carbonyl (C=O) groups excluding carboxylic acids is 1. The standard InChI is InChI=1S/C20H18N4O4/c1-3-10-23(20(25)16-8-5-9-17(12-16)24(26)27)13-18-21-19(22-28-18)15-7-4-6-14(2)11-15/h3-9,11-12H,1,10,13H2,2H3. The van der Waals surface area contributed by atoms with Gasteiger partial charge in [-0.1, -0.05) is 41.1 Å². The highest BCUT2D eigenvalue weighted by atomic mass is 16.6. The molecule has 3 rings (SSSR count). The average Bonchev–Trinajstić information content (AvgIpc) is 3.16. The summed E-state index contributed by atoms with van der Waals surface area (Å²) in [6.45, 7) is 5.91. The molecule has 0 aliphatic carbocycles. The molecule has 0 unspecified atom stereocenters. The number of nitro groups is 1. The fourth-order valence-electron chi connectivity index (χ4n) is 2.69. The summed E-state index contributed by atoms with van der Waals surface area (Å²) in [6.07, 6.45) is 1.56. The maximum absolute atomic E-state index is 12.8. The lowest BCUT2D eigenvalue weighted by molar-refractivity contribution is -0.384. The van der Waals surface area contributed by atoms with Gasteiger partial charge in [-0.25, -0.2) is 0 Å². The second-order valence-electron chi connectivity index (χ2n) is 6.16. The Kier molecular flexibility index (Phi) is 5.59. The molecule has 0 N–H and O–H groups in total. The van der Waals surface area contributed by atoms with Gasteiger partial charge >= 0.3 is 0 Å². The number of hydrogen-bond acceptors (Lipinski definition) is 6. The van der Waals surface area contributed by atoms with Gasteiger partial charge < -0.3 is 9.42 Å².